The number of rotatable bonds is 5. The summed E-state index contributed by atoms with van der Waals surface area (Å²) in [4.78, 5) is 24.2. The number of anilines is 1. The van der Waals surface area contributed by atoms with Crippen LogP contribution in [0.4, 0.5) is 5.69 Å². The third-order valence-corrected chi connectivity index (χ3v) is 4.23. The lowest BCUT2D eigenvalue weighted by Gasteiger charge is -2.04. The summed E-state index contributed by atoms with van der Waals surface area (Å²) in [6, 6.07) is 13.1. The number of amides is 1. The number of benzene rings is 1. The van der Waals surface area contributed by atoms with Gasteiger partial charge in [-0.3, -0.25) is 9.20 Å². The van der Waals surface area contributed by atoms with Gasteiger partial charge >= 0.3 is 5.69 Å². The Morgan fingerprint density at radius 1 is 1.22 bits per heavy atom. The van der Waals surface area contributed by atoms with E-state index < -0.39 is 0 Å². The third-order valence-electron chi connectivity index (χ3n) is 3.23. The minimum absolute atomic E-state index is 0.0865. The molecular formula is C16H16N4O2S. The molecule has 23 heavy (non-hydrogen) atoms. The van der Waals surface area contributed by atoms with Crippen LogP contribution in [0.25, 0.3) is 5.65 Å². The van der Waals surface area contributed by atoms with E-state index in [0.717, 1.165) is 16.3 Å². The van der Waals surface area contributed by atoms with Crippen molar-refractivity contribution in [3.63, 3.8) is 0 Å². The molecule has 0 saturated carbocycles. The van der Waals surface area contributed by atoms with Gasteiger partial charge in [0.25, 0.3) is 0 Å². The molecule has 2 aromatic heterocycles. The average molecular weight is 328 g/mol. The van der Waals surface area contributed by atoms with Crippen molar-refractivity contribution in [3.05, 3.63) is 59.1 Å². The fourth-order valence-corrected chi connectivity index (χ4v) is 3.03. The number of aryl methyl sites for hydroxylation is 1. The maximum Gasteiger partial charge on any atom is 0.350 e. The maximum atomic E-state index is 12.1. The number of thioether (sulfide) groups is 1. The predicted octanol–water partition coefficient (Wildman–Crippen LogP) is 2.25. The standard InChI is InChI=1S/C16H16N4O2S/c1-12(21)17-13-5-7-14(8-6-13)23-11-10-20-16(22)19-9-3-2-4-15(19)18-20/h2-9H,10-11H2,1H3,(H,17,21). The van der Waals surface area contributed by atoms with Gasteiger partial charge in [0.15, 0.2) is 5.65 Å². The Labute approximate surface area is 137 Å². The molecular weight excluding hydrogens is 312 g/mol. The number of carbonyl (C=O) groups excluding carboxylic acids is 1. The lowest BCUT2D eigenvalue weighted by atomic mass is 10.3. The van der Waals surface area contributed by atoms with E-state index in [9.17, 15) is 9.59 Å². The van der Waals surface area contributed by atoms with Crippen molar-refractivity contribution in [1.82, 2.24) is 14.2 Å². The molecule has 6 nitrogen and oxygen atoms in total. The van der Waals surface area contributed by atoms with Crippen LogP contribution in [0.3, 0.4) is 0 Å². The molecule has 0 atom stereocenters. The van der Waals surface area contributed by atoms with E-state index >= 15 is 0 Å². The summed E-state index contributed by atoms with van der Waals surface area (Å²) in [5, 5.41) is 7.03. The molecule has 0 radical (unpaired) electrons. The number of nitrogens with one attached hydrogen (secondary N) is 1. The largest absolute Gasteiger partial charge is 0.350 e. The van der Waals surface area contributed by atoms with Crippen molar-refractivity contribution < 1.29 is 4.79 Å². The SMILES string of the molecule is CC(=O)Nc1ccc(SCCn2nc3ccccn3c2=O)cc1. The van der Waals surface area contributed by atoms with Crippen LogP contribution in [-0.2, 0) is 11.3 Å². The van der Waals surface area contributed by atoms with E-state index in [-0.39, 0.29) is 11.6 Å². The smallest absolute Gasteiger partial charge is 0.326 e. The van der Waals surface area contributed by atoms with Gasteiger partial charge in [0.1, 0.15) is 0 Å². The van der Waals surface area contributed by atoms with Gasteiger partial charge in [-0.25, -0.2) is 9.48 Å². The highest BCUT2D eigenvalue weighted by molar-refractivity contribution is 7.99. The summed E-state index contributed by atoms with van der Waals surface area (Å²) in [5.41, 5.74) is 1.31. The van der Waals surface area contributed by atoms with E-state index in [0.29, 0.717) is 12.2 Å². The van der Waals surface area contributed by atoms with Crippen molar-refractivity contribution in [3.8, 4) is 0 Å². The highest BCUT2D eigenvalue weighted by atomic mass is 32.2. The van der Waals surface area contributed by atoms with Crippen LogP contribution in [0.15, 0.2) is 58.4 Å². The van der Waals surface area contributed by atoms with Gasteiger partial charge < -0.3 is 5.32 Å². The molecule has 0 aliphatic heterocycles. The van der Waals surface area contributed by atoms with E-state index in [1.165, 1.54) is 16.0 Å². The fraction of sp³-hybridized carbons (Fsp3) is 0.188. The molecule has 1 N–H and O–H groups in total. The van der Waals surface area contributed by atoms with Gasteiger partial charge in [-0.15, -0.1) is 16.9 Å². The van der Waals surface area contributed by atoms with Crippen molar-refractivity contribution in [2.75, 3.05) is 11.1 Å². The van der Waals surface area contributed by atoms with Crippen LogP contribution in [0.5, 0.6) is 0 Å². The maximum absolute atomic E-state index is 12.1. The molecule has 7 heteroatoms. The molecule has 0 fully saturated rings. The first kappa shape index (κ1) is 15.4. The number of hydrogen-bond acceptors (Lipinski definition) is 4. The van der Waals surface area contributed by atoms with Gasteiger partial charge in [-0.2, -0.15) is 0 Å². The molecule has 0 spiro atoms. The summed E-state index contributed by atoms with van der Waals surface area (Å²) in [6.45, 7) is 2.02. The van der Waals surface area contributed by atoms with Crippen LogP contribution in [-0.4, -0.2) is 25.8 Å². The number of fused-ring (bicyclic) bond motifs is 1. The predicted molar refractivity (Wildman–Crippen MR) is 90.9 cm³/mol. The summed E-state index contributed by atoms with van der Waals surface area (Å²) in [7, 11) is 0. The van der Waals surface area contributed by atoms with Crippen LogP contribution >= 0.6 is 11.8 Å². The molecule has 0 unspecified atom stereocenters. The van der Waals surface area contributed by atoms with Gasteiger partial charge in [-0.05, 0) is 36.4 Å². The number of nitrogens with zero attached hydrogens (tertiary/aromatic N) is 3. The van der Waals surface area contributed by atoms with E-state index in [4.69, 9.17) is 0 Å². The van der Waals surface area contributed by atoms with Crippen LogP contribution in [0.1, 0.15) is 6.92 Å². The summed E-state index contributed by atoms with van der Waals surface area (Å²) >= 11 is 1.64. The Kier molecular flexibility index (Phi) is 4.47. The topological polar surface area (TPSA) is 68.4 Å². The van der Waals surface area contributed by atoms with Crippen LogP contribution in [0.2, 0.25) is 0 Å². The highest BCUT2D eigenvalue weighted by Gasteiger charge is 2.05. The Balaban J connectivity index is 1.61. The van der Waals surface area contributed by atoms with Crippen molar-refractivity contribution in [1.29, 1.82) is 0 Å². The molecule has 3 rings (SSSR count). The Morgan fingerprint density at radius 3 is 2.70 bits per heavy atom. The Bertz CT molecular complexity index is 883. The third kappa shape index (κ3) is 3.62. The van der Waals surface area contributed by atoms with Gasteiger partial charge in [0.05, 0.1) is 6.54 Å². The van der Waals surface area contributed by atoms with E-state index in [1.807, 2.05) is 42.5 Å². The normalized spacial score (nSPS) is 10.8. The minimum atomic E-state index is -0.123. The highest BCUT2D eigenvalue weighted by Crippen LogP contribution is 2.20. The number of carbonyl (C=O) groups is 1. The first-order valence-corrected chi connectivity index (χ1v) is 8.17. The Hall–Kier alpha value is -2.54. The zero-order chi connectivity index (χ0) is 16.2. The van der Waals surface area contributed by atoms with Gasteiger partial charge in [-0.1, -0.05) is 6.07 Å². The molecule has 0 aliphatic rings. The molecule has 1 aromatic carbocycles. The van der Waals surface area contributed by atoms with Crippen molar-refractivity contribution in [2.24, 2.45) is 0 Å². The second-order valence-electron chi connectivity index (χ2n) is 4.99. The number of aromatic nitrogens is 3. The average Bonchev–Trinajstić information content (AvgIpc) is 2.85. The zero-order valence-corrected chi connectivity index (χ0v) is 13.4. The first-order chi connectivity index (χ1) is 11.1. The monoisotopic (exact) mass is 328 g/mol. The van der Waals surface area contributed by atoms with Crippen molar-refractivity contribution in [2.45, 2.75) is 18.4 Å². The molecule has 118 valence electrons. The fourth-order valence-electron chi connectivity index (χ4n) is 2.20. The second kappa shape index (κ2) is 6.70. The summed E-state index contributed by atoms with van der Waals surface area (Å²) in [6.07, 6.45) is 1.72. The molecule has 0 bridgehead atoms. The Morgan fingerprint density at radius 2 is 2.00 bits per heavy atom. The van der Waals surface area contributed by atoms with Crippen LogP contribution in [0, 0.1) is 0 Å². The number of pyridine rings is 1. The second-order valence-corrected chi connectivity index (χ2v) is 6.16. The molecule has 1 amide bonds. The van der Waals surface area contributed by atoms with Gasteiger partial charge in [0.2, 0.25) is 5.91 Å². The van der Waals surface area contributed by atoms with Crippen LogP contribution < -0.4 is 11.0 Å². The van der Waals surface area contributed by atoms with Crippen molar-refractivity contribution >= 4 is 29.0 Å². The van der Waals surface area contributed by atoms with Gasteiger partial charge in [0, 0.05) is 29.5 Å². The zero-order valence-electron chi connectivity index (χ0n) is 12.6. The van der Waals surface area contributed by atoms with E-state index in [1.54, 1.807) is 18.0 Å². The molecule has 2 heterocycles. The summed E-state index contributed by atoms with van der Waals surface area (Å²) in [5.74, 6) is 0.653. The molecule has 0 aliphatic carbocycles. The number of hydrogen-bond donors (Lipinski definition) is 1. The quantitative estimate of drug-likeness (QED) is 0.729. The minimum Gasteiger partial charge on any atom is -0.326 e. The molecule has 0 saturated heterocycles. The molecule has 3 aromatic rings. The lowest BCUT2D eigenvalue weighted by molar-refractivity contribution is -0.114. The van der Waals surface area contributed by atoms with E-state index in [2.05, 4.69) is 10.4 Å². The first-order valence-electron chi connectivity index (χ1n) is 7.18. The lowest BCUT2D eigenvalue weighted by Crippen LogP contribution is -2.21. The summed E-state index contributed by atoms with van der Waals surface area (Å²) < 4.78 is 3.01.